The molecule has 1 atom stereocenters. The van der Waals surface area contributed by atoms with E-state index in [2.05, 4.69) is 15.3 Å². The largest absolute Gasteiger partial charge is 0.315 e. The fraction of sp³-hybridized carbons (Fsp3) is 0.240. The van der Waals surface area contributed by atoms with Crippen LogP contribution in [0.25, 0.3) is 21.2 Å². The number of thiazole rings is 1. The predicted molar refractivity (Wildman–Crippen MR) is 127 cm³/mol. The second kappa shape index (κ2) is 8.76. The molecule has 1 saturated heterocycles. The average molecular weight is 447 g/mol. The Balaban J connectivity index is 1.62. The van der Waals surface area contributed by atoms with Gasteiger partial charge in [0.05, 0.1) is 22.0 Å². The van der Waals surface area contributed by atoms with E-state index in [1.165, 1.54) is 17.4 Å². The zero-order chi connectivity index (χ0) is 22.1. The number of piperidine rings is 1. The van der Waals surface area contributed by atoms with Gasteiger partial charge in [-0.1, -0.05) is 24.3 Å². The third kappa shape index (κ3) is 3.78. The molecule has 0 radical (unpaired) electrons. The molecular weight excluding hydrogens is 423 g/mol. The minimum Gasteiger partial charge on any atom is -0.315 e. The monoisotopic (exact) mass is 446 g/mol. The Morgan fingerprint density at radius 1 is 1.25 bits per heavy atom. The third-order valence-electron chi connectivity index (χ3n) is 5.98. The highest BCUT2D eigenvalue weighted by molar-refractivity contribution is 7.13. The topological polar surface area (TPSA) is 58.1 Å². The number of halogens is 1. The summed E-state index contributed by atoms with van der Waals surface area (Å²) in [4.78, 5) is 25.1. The van der Waals surface area contributed by atoms with Gasteiger partial charge in [0.25, 0.3) is 5.91 Å². The maximum Gasteiger partial charge on any atom is 0.262 e. The Bertz CT molecular complexity index is 1260. The molecule has 1 fully saturated rings. The normalized spacial score (nSPS) is 16.2. The molecule has 1 aliphatic heterocycles. The maximum atomic E-state index is 15.2. The molecule has 7 heteroatoms. The van der Waals surface area contributed by atoms with E-state index in [0.29, 0.717) is 17.9 Å². The molecule has 162 valence electrons. The zero-order valence-electron chi connectivity index (χ0n) is 17.7. The summed E-state index contributed by atoms with van der Waals surface area (Å²) >= 11 is 1.44. The summed E-state index contributed by atoms with van der Waals surface area (Å²) in [5.41, 5.74) is 3.51. The molecule has 0 aliphatic carbocycles. The van der Waals surface area contributed by atoms with Crippen LogP contribution in [0.2, 0.25) is 0 Å². The van der Waals surface area contributed by atoms with Crippen molar-refractivity contribution in [3.8, 4) is 10.4 Å². The highest BCUT2D eigenvalue weighted by Gasteiger charge is 2.31. The zero-order valence-corrected chi connectivity index (χ0v) is 18.5. The lowest BCUT2D eigenvalue weighted by molar-refractivity contribution is 0.0968. The van der Waals surface area contributed by atoms with Crippen LogP contribution in [0.5, 0.6) is 0 Å². The fourth-order valence-electron chi connectivity index (χ4n) is 4.39. The van der Waals surface area contributed by atoms with E-state index in [1.807, 2.05) is 31.2 Å². The van der Waals surface area contributed by atoms with Crippen LogP contribution in [0, 0.1) is 12.7 Å². The van der Waals surface area contributed by atoms with Crippen molar-refractivity contribution in [1.29, 1.82) is 0 Å². The summed E-state index contributed by atoms with van der Waals surface area (Å²) in [6.07, 6.45) is 5.20. The number of nitrogens with zero attached hydrogens (tertiary/aromatic N) is 3. The first kappa shape index (κ1) is 20.7. The highest BCUT2D eigenvalue weighted by Crippen LogP contribution is 2.32. The highest BCUT2D eigenvalue weighted by atomic mass is 32.1. The summed E-state index contributed by atoms with van der Waals surface area (Å²) in [5.74, 6) is -0.313. The van der Waals surface area contributed by atoms with Crippen molar-refractivity contribution in [2.24, 2.45) is 0 Å². The van der Waals surface area contributed by atoms with Crippen LogP contribution in [0.1, 0.15) is 28.8 Å². The Morgan fingerprint density at radius 2 is 2.16 bits per heavy atom. The van der Waals surface area contributed by atoms with E-state index in [-0.39, 0.29) is 17.5 Å². The Hall–Kier alpha value is -3.16. The molecule has 3 heterocycles. The van der Waals surface area contributed by atoms with Crippen LogP contribution in [0.3, 0.4) is 0 Å². The van der Waals surface area contributed by atoms with Crippen molar-refractivity contribution < 1.29 is 9.18 Å². The van der Waals surface area contributed by atoms with E-state index < -0.39 is 5.82 Å². The van der Waals surface area contributed by atoms with Gasteiger partial charge in [0, 0.05) is 24.3 Å². The number of benzene rings is 2. The number of nitrogens with one attached hydrogen (secondary N) is 1. The van der Waals surface area contributed by atoms with Crippen LogP contribution in [-0.4, -0.2) is 35.0 Å². The van der Waals surface area contributed by atoms with Crippen molar-refractivity contribution in [2.45, 2.75) is 25.8 Å². The summed E-state index contributed by atoms with van der Waals surface area (Å²) in [7, 11) is 0. The van der Waals surface area contributed by atoms with E-state index >= 15 is 4.39 Å². The first-order chi connectivity index (χ1) is 15.6. The first-order valence-electron chi connectivity index (χ1n) is 10.7. The van der Waals surface area contributed by atoms with Crippen molar-refractivity contribution in [2.75, 3.05) is 18.0 Å². The number of fused-ring (bicyclic) bond motifs is 1. The number of anilines is 1. The second-order valence-electron chi connectivity index (χ2n) is 8.04. The van der Waals surface area contributed by atoms with Gasteiger partial charge in [-0.15, -0.1) is 11.3 Å². The molecule has 0 unspecified atom stereocenters. The van der Waals surface area contributed by atoms with Crippen molar-refractivity contribution >= 4 is 33.8 Å². The van der Waals surface area contributed by atoms with Crippen LogP contribution >= 0.6 is 11.3 Å². The SMILES string of the molecule is Cc1cccc2ccnc(N(C(=O)c3ccc(-c4cncs4)cc3F)[C@@H]3CCCNC3)c12. The lowest BCUT2D eigenvalue weighted by Gasteiger charge is -2.35. The van der Waals surface area contributed by atoms with E-state index in [1.54, 1.807) is 34.9 Å². The van der Waals surface area contributed by atoms with E-state index in [4.69, 9.17) is 0 Å². The lowest BCUT2D eigenvalue weighted by atomic mass is 10.0. The van der Waals surface area contributed by atoms with Gasteiger partial charge in [0.2, 0.25) is 0 Å². The van der Waals surface area contributed by atoms with Gasteiger partial charge in [-0.25, -0.2) is 9.37 Å². The quantitative estimate of drug-likeness (QED) is 0.468. The number of carbonyl (C=O) groups is 1. The number of amides is 1. The molecule has 5 nitrogen and oxygen atoms in total. The van der Waals surface area contributed by atoms with E-state index in [9.17, 15) is 4.79 Å². The molecule has 0 bridgehead atoms. The number of pyridine rings is 1. The summed E-state index contributed by atoms with van der Waals surface area (Å²) in [5, 5.41) is 5.31. The smallest absolute Gasteiger partial charge is 0.262 e. The second-order valence-corrected chi connectivity index (χ2v) is 8.93. The number of hydrogen-bond acceptors (Lipinski definition) is 5. The number of aromatic nitrogens is 2. The molecule has 4 aromatic rings. The molecule has 2 aromatic heterocycles. The van der Waals surface area contributed by atoms with Crippen molar-refractivity contribution in [3.05, 3.63) is 77.3 Å². The third-order valence-corrected chi connectivity index (χ3v) is 6.80. The molecule has 1 N–H and O–H groups in total. The fourth-order valence-corrected chi connectivity index (χ4v) is 5.01. The van der Waals surface area contributed by atoms with Gasteiger partial charge in [0.1, 0.15) is 11.6 Å². The standard InChI is InChI=1S/C25H23FN4OS/c1-16-4-2-5-17-9-11-29-24(23(16)17)30(19-6-3-10-27-13-19)25(31)20-8-7-18(12-21(20)26)22-14-28-15-32-22/h2,4-5,7-9,11-12,14-15,19,27H,3,6,10,13H2,1H3/t19-/m1/s1. The summed E-state index contributed by atoms with van der Waals surface area (Å²) in [6, 6.07) is 12.6. The minimum absolute atomic E-state index is 0.0521. The minimum atomic E-state index is -0.536. The van der Waals surface area contributed by atoms with Crippen molar-refractivity contribution in [1.82, 2.24) is 15.3 Å². The molecular formula is C25H23FN4OS. The molecule has 1 aliphatic rings. The molecule has 0 saturated carbocycles. The van der Waals surface area contributed by atoms with Gasteiger partial charge in [0.15, 0.2) is 0 Å². The van der Waals surface area contributed by atoms with Gasteiger partial charge >= 0.3 is 0 Å². The van der Waals surface area contributed by atoms with Gasteiger partial charge in [-0.2, -0.15) is 0 Å². The van der Waals surface area contributed by atoms with Crippen molar-refractivity contribution in [3.63, 3.8) is 0 Å². The number of rotatable bonds is 4. The molecule has 32 heavy (non-hydrogen) atoms. The molecule has 2 aromatic carbocycles. The lowest BCUT2D eigenvalue weighted by Crippen LogP contribution is -2.49. The molecule has 0 spiro atoms. The Morgan fingerprint density at radius 3 is 2.91 bits per heavy atom. The molecule has 1 amide bonds. The average Bonchev–Trinajstić information content (AvgIpc) is 3.35. The first-order valence-corrected chi connectivity index (χ1v) is 11.6. The van der Waals surface area contributed by atoms with Gasteiger partial charge in [-0.05, 0) is 61.0 Å². The summed E-state index contributed by atoms with van der Waals surface area (Å²) < 4.78 is 15.2. The molecule has 5 rings (SSSR count). The Labute approximate surface area is 189 Å². The van der Waals surface area contributed by atoms with Gasteiger partial charge in [-0.3, -0.25) is 14.7 Å². The number of hydrogen-bond donors (Lipinski definition) is 1. The predicted octanol–water partition coefficient (Wildman–Crippen LogP) is 5.20. The van der Waals surface area contributed by atoms with Crippen LogP contribution in [0.15, 0.2) is 60.4 Å². The Kier molecular flexibility index (Phi) is 5.68. The van der Waals surface area contributed by atoms with E-state index in [0.717, 1.165) is 40.6 Å². The number of aryl methyl sites for hydroxylation is 1. The number of carbonyl (C=O) groups excluding carboxylic acids is 1. The maximum absolute atomic E-state index is 15.2. The van der Waals surface area contributed by atoms with Crippen LogP contribution in [-0.2, 0) is 0 Å². The van der Waals surface area contributed by atoms with Gasteiger partial charge < -0.3 is 5.32 Å². The summed E-state index contributed by atoms with van der Waals surface area (Å²) in [6.45, 7) is 3.58. The van der Waals surface area contributed by atoms with Crippen LogP contribution < -0.4 is 10.2 Å². The van der Waals surface area contributed by atoms with Crippen LogP contribution in [0.4, 0.5) is 10.2 Å².